The summed E-state index contributed by atoms with van der Waals surface area (Å²) >= 11 is 0. The monoisotopic (exact) mass is 400 g/mol. The lowest BCUT2D eigenvalue weighted by Gasteiger charge is -2.14. The second kappa shape index (κ2) is 7.40. The van der Waals surface area contributed by atoms with Crippen LogP contribution in [0.25, 0.3) is 28.2 Å². The van der Waals surface area contributed by atoms with Gasteiger partial charge in [-0.05, 0) is 24.3 Å². The number of hydrogen-bond donors (Lipinski definition) is 0. The first-order chi connectivity index (χ1) is 14.7. The Labute approximate surface area is 171 Å². The van der Waals surface area contributed by atoms with E-state index in [4.69, 9.17) is 4.74 Å². The summed E-state index contributed by atoms with van der Waals surface area (Å²) in [6.07, 6.45) is 7.20. The summed E-state index contributed by atoms with van der Waals surface area (Å²) in [6, 6.07) is 14.0. The van der Waals surface area contributed by atoms with Crippen molar-refractivity contribution in [3.8, 4) is 34.0 Å². The molecule has 0 radical (unpaired) electrons. The van der Waals surface area contributed by atoms with Crippen LogP contribution in [0.15, 0.2) is 73.4 Å². The molecule has 3 aromatic rings. The molecule has 8 heteroatoms. The number of ether oxygens (including phenoxy) is 1. The van der Waals surface area contributed by atoms with E-state index in [9.17, 15) is 4.39 Å². The normalized spacial score (nSPS) is 11.1. The highest BCUT2D eigenvalue weighted by molar-refractivity contribution is 5.79. The van der Waals surface area contributed by atoms with E-state index in [1.54, 1.807) is 36.1 Å². The predicted molar refractivity (Wildman–Crippen MR) is 109 cm³/mol. The van der Waals surface area contributed by atoms with Crippen molar-refractivity contribution in [1.82, 2.24) is 29.5 Å². The molecular weight excluding hydrogens is 383 g/mol. The van der Waals surface area contributed by atoms with E-state index in [-0.39, 0.29) is 5.82 Å². The number of imidazole rings is 1. The van der Waals surface area contributed by atoms with E-state index >= 15 is 0 Å². The van der Waals surface area contributed by atoms with E-state index in [0.717, 1.165) is 17.1 Å². The molecule has 7 nitrogen and oxygen atoms in total. The molecule has 2 aliphatic heterocycles. The highest BCUT2D eigenvalue weighted by atomic mass is 19.1. The summed E-state index contributed by atoms with van der Waals surface area (Å²) in [5.74, 6) is 0.229. The number of nitrogens with zero attached hydrogens (tertiary/aromatic N) is 6. The SMILES string of the molecule is COc1cccc(-n2cc(Cn3ccc4ncnc-4c3)nn2)c1-c1ccccc1F. The average molecular weight is 400 g/mol. The van der Waals surface area contributed by atoms with Crippen molar-refractivity contribution in [2.75, 3.05) is 7.11 Å². The Morgan fingerprint density at radius 1 is 0.967 bits per heavy atom. The quantitative estimate of drug-likeness (QED) is 0.448. The van der Waals surface area contributed by atoms with Gasteiger partial charge in [0.25, 0.3) is 0 Å². The van der Waals surface area contributed by atoms with Crippen molar-refractivity contribution in [1.29, 1.82) is 0 Å². The summed E-state index contributed by atoms with van der Waals surface area (Å²) in [4.78, 5) is 8.40. The van der Waals surface area contributed by atoms with Crippen LogP contribution < -0.4 is 4.74 Å². The lowest BCUT2D eigenvalue weighted by Crippen LogP contribution is -2.02. The maximum absolute atomic E-state index is 14.6. The number of hydrogen-bond acceptors (Lipinski definition) is 5. The predicted octanol–water partition coefficient (Wildman–Crippen LogP) is 3.83. The van der Waals surface area contributed by atoms with Gasteiger partial charge in [-0.25, -0.2) is 19.0 Å². The molecule has 2 aromatic carbocycles. The molecular formula is C22H17FN6O. The number of methoxy groups -OCH3 is 1. The van der Waals surface area contributed by atoms with Crippen molar-refractivity contribution in [3.05, 3.63) is 85.0 Å². The minimum atomic E-state index is -0.330. The zero-order valence-electron chi connectivity index (χ0n) is 16.1. The Morgan fingerprint density at radius 3 is 2.70 bits per heavy atom. The fraction of sp³-hybridized carbons (Fsp3) is 0.0909. The standard InChI is InChI=1S/C22H17FN6O/c1-30-21-8-4-7-20(22(21)16-5-2-3-6-17(16)23)29-12-15(26-27-29)11-28-10-9-18-19(13-28)25-14-24-18/h2-10,12-14H,11H2,1H3. The first-order valence-electron chi connectivity index (χ1n) is 9.33. The van der Waals surface area contributed by atoms with Crippen LogP contribution in [0.5, 0.6) is 5.75 Å². The first kappa shape index (κ1) is 18.0. The number of halogens is 1. The molecule has 0 saturated heterocycles. The smallest absolute Gasteiger partial charge is 0.131 e. The molecule has 2 aliphatic rings. The highest BCUT2D eigenvalue weighted by Gasteiger charge is 2.17. The zero-order chi connectivity index (χ0) is 20.5. The number of benzene rings is 2. The molecule has 0 amide bonds. The minimum Gasteiger partial charge on any atom is -0.496 e. The molecule has 0 atom stereocenters. The fourth-order valence-electron chi connectivity index (χ4n) is 3.47. The second-order valence-corrected chi connectivity index (χ2v) is 6.75. The molecule has 0 saturated carbocycles. The molecule has 0 spiro atoms. The first-order valence-corrected chi connectivity index (χ1v) is 9.33. The highest BCUT2D eigenvalue weighted by Crippen LogP contribution is 2.36. The molecule has 3 heterocycles. The third-order valence-electron chi connectivity index (χ3n) is 4.87. The van der Waals surface area contributed by atoms with E-state index in [2.05, 4.69) is 20.3 Å². The van der Waals surface area contributed by atoms with Crippen LogP contribution >= 0.6 is 0 Å². The van der Waals surface area contributed by atoms with Crippen LogP contribution in [0.4, 0.5) is 4.39 Å². The van der Waals surface area contributed by atoms with Gasteiger partial charge in [0.15, 0.2) is 0 Å². The maximum atomic E-state index is 14.6. The molecule has 1 aromatic heterocycles. The minimum absolute atomic E-state index is 0.330. The zero-order valence-corrected chi connectivity index (χ0v) is 16.1. The van der Waals surface area contributed by atoms with Crippen LogP contribution in [0.2, 0.25) is 0 Å². The maximum Gasteiger partial charge on any atom is 0.131 e. The van der Waals surface area contributed by atoms with Crippen LogP contribution in [-0.4, -0.2) is 36.6 Å². The Morgan fingerprint density at radius 2 is 1.83 bits per heavy atom. The van der Waals surface area contributed by atoms with Crippen molar-refractivity contribution in [3.63, 3.8) is 0 Å². The molecule has 0 aliphatic carbocycles. The third-order valence-corrected chi connectivity index (χ3v) is 4.87. The van der Waals surface area contributed by atoms with Crippen molar-refractivity contribution in [2.45, 2.75) is 6.54 Å². The number of aromatic nitrogens is 6. The molecule has 0 N–H and O–H groups in total. The fourth-order valence-corrected chi connectivity index (χ4v) is 3.47. The molecule has 0 fully saturated rings. The van der Waals surface area contributed by atoms with E-state index in [1.807, 2.05) is 41.4 Å². The van der Waals surface area contributed by atoms with E-state index in [0.29, 0.717) is 29.1 Å². The van der Waals surface area contributed by atoms with Gasteiger partial charge in [-0.3, -0.25) is 0 Å². The van der Waals surface area contributed by atoms with Gasteiger partial charge in [-0.15, -0.1) is 5.10 Å². The number of rotatable bonds is 5. The summed E-state index contributed by atoms with van der Waals surface area (Å²) < 4.78 is 23.7. The van der Waals surface area contributed by atoms with Crippen LogP contribution in [0.1, 0.15) is 5.69 Å². The average Bonchev–Trinajstić information content (AvgIpc) is 3.43. The van der Waals surface area contributed by atoms with Gasteiger partial charge in [0.05, 0.1) is 36.8 Å². The molecule has 30 heavy (non-hydrogen) atoms. The Hall–Kier alpha value is -4.07. The van der Waals surface area contributed by atoms with E-state index < -0.39 is 0 Å². The lowest BCUT2D eigenvalue weighted by atomic mass is 10.0. The molecule has 148 valence electrons. The van der Waals surface area contributed by atoms with Crippen LogP contribution in [0.3, 0.4) is 0 Å². The lowest BCUT2D eigenvalue weighted by molar-refractivity contribution is 0.416. The number of fused-ring (bicyclic) bond motifs is 1. The van der Waals surface area contributed by atoms with Crippen LogP contribution in [-0.2, 0) is 6.54 Å². The number of pyridine rings is 1. The topological polar surface area (TPSA) is 70.7 Å². The Balaban J connectivity index is 1.54. The van der Waals surface area contributed by atoms with Crippen molar-refractivity contribution >= 4 is 0 Å². The molecule has 0 bridgehead atoms. The van der Waals surface area contributed by atoms with E-state index in [1.165, 1.54) is 12.4 Å². The van der Waals surface area contributed by atoms with Gasteiger partial charge in [0, 0.05) is 18.0 Å². The Bertz CT molecular complexity index is 1290. The largest absolute Gasteiger partial charge is 0.496 e. The van der Waals surface area contributed by atoms with Crippen molar-refractivity contribution < 1.29 is 9.13 Å². The molecule has 5 rings (SSSR count). The summed E-state index contributed by atoms with van der Waals surface area (Å²) in [7, 11) is 1.56. The van der Waals surface area contributed by atoms with Crippen molar-refractivity contribution in [2.24, 2.45) is 0 Å². The second-order valence-electron chi connectivity index (χ2n) is 6.75. The van der Waals surface area contributed by atoms with Gasteiger partial charge in [0.1, 0.15) is 29.3 Å². The summed E-state index contributed by atoms with van der Waals surface area (Å²) in [5.41, 5.74) is 4.16. The van der Waals surface area contributed by atoms with Crippen LogP contribution in [0, 0.1) is 5.82 Å². The van der Waals surface area contributed by atoms with Gasteiger partial charge >= 0.3 is 0 Å². The van der Waals surface area contributed by atoms with Gasteiger partial charge < -0.3 is 9.30 Å². The van der Waals surface area contributed by atoms with Gasteiger partial charge in [-0.2, -0.15) is 0 Å². The van der Waals surface area contributed by atoms with Gasteiger partial charge in [-0.1, -0.05) is 29.5 Å². The molecule has 0 unspecified atom stereocenters. The van der Waals surface area contributed by atoms with Gasteiger partial charge in [0.2, 0.25) is 0 Å². The Kier molecular flexibility index (Phi) is 4.44. The third kappa shape index (κ3) is 3.18. The summed E-state index contributed by atoms with van der Waals surface area (Å²) in [5, 5.41) is 8.56. The summed E-state index contributed by atoms with van der Waals surface area (Å²) in [6.45, 7) is 0.516.